The Balaban J connectivity index is 1.53. The summed E-state index contributed by atoms with van der Waals surface area (Å²) in [5, 5.41) is 0.910. The lowest BCUT2D eigenvalue weighted by Crippen LogP contribution is -2.38. The van der Waals surface area contributed by atoms with E-state index in [0.717, 1.165) is 38.2 Å². The summed E-state index contributed by atoms with van der Waals surface area (Å²) in [6, 6.07) is 9.24. The van der Waals surface area contributed by atoms with Crippen molar-refractivity contribution in [1.29, 1.82) is 0 Å². The van der Waals surface area contributed by atoms with Gasteiger partial charge in [-0.05, 0) is 12.1 Å². The molecule has 0 radical (unpaired) electrons. The number of rotatable bonds is 4. The average Bonchev–Trinajstić information content (AvgIpc) is 2.92. The summed E-state index contributed by atoms with van der Waals surface area (Å²) >= 11 is 0. The summed E-state index contributed by atoms with van der Waals surface area (Å²) < 4.78 is 16.0. The Morgan fingerprint density at radius 3 is 2.85 bits per heavy atom. The fraction of sp³-hybridized carbons (Fsp3) is 0.400. The van der Waals surface area contributed by atoms with E-state index < -0.39 is 5.97 Å². The molecular weight excluding hydrogens is 258 g/mol. The number of esters is 1. The number of hydrogen-bond donors (Lipinski definition) is 0. The standard InChI is InChI=1S/C15H17NO4/c17-15(19-10-7-16-5-8-18-9-6-16)14-11-12-3-1-2-4-13(12)20-14/h1-4,11H,5-10H2. The van der Waals surface area contributed by atoms with Gasteiger partial charge >= 0.3 is 5.97 Å². The zero-order valence-corrected chi connectivity index (χ0v) is 11.2. The average molecular weight is 275 g/mol. The van der Waals surface area contributed by atoms with Crippen LogP contribution < -0.4 is 0 Å². The first-order valence-corrected chi connectivity index (χ1v) is 6.79. The van der Waals surface area contributed by atoms with Crippen molar-refractivity contribution >= 4 is 16.9 Å². The molecule has 1 aromatic heterocycles. The van der Waals surface area contributed by atoms with Crippen LogP contribution in [0.15, 0.2) is 34.7 Å². The molecule has 1 aromatic carbocycles. The Morgan fingerprint density at radius 1 is 1.25 bits per heavy atom. The molecule has 0 aliphatic carbocycles. The fourth-order valence-electron chi connectivity index (χ4n) is 2.25. The van der Waals surface area contributed by atoms with Gasteiger partial charge < -0.3 is 13.9 Å². The molecule has 1 fully saturated rings. The lowest BCUT2D eigenvalue weighted by molar-refractivity contribution is 0.0183. The number of carbonyl (C=O) groups is 1. The molecule has 0 bridgehead atoms. The monoisotopic (exact) mass is 275 g/mol. The van der Waals surface area contributed by atoms with E-state index in [1.54, 1.807) is 6.07 Å². The van der Waals surface area contributed by atoms with Crippen molar-refractivity contribution in [3.8, 4) is 0 Å². The van der Waals surface area contributed by atoms with Crippen molar-refractivity contribution in [3.63, 3.8) is 0 Å². The van der Waals surface area contributed by atoms with Crippen molar-refractivity contribution < 1.29 is 18.7 Å². The van der Waals surface area contributed by atoms with Gasteiger partial charge in [0.05, 0.1) is 13.2 Å². The molecule has 0 N–H and O–H groups in total. The number of carbonyl (C=O) groups excluding carboxylic acids is 1. The third-order valence-corrected chi connectivity index (χ3v) is 3.37. The Hall–Kier alpha value is -1.85. The molecule has 3 rings (SSSR count). The molecule has 1 aliphatic heterocycles. The number of para-hydroxylation sites is 1. The first-order valence-electron chi connectivity index (χ1n) is 6.79. The Kier molecular flexibility index (Phi) is 3.99. The van der Waals surface area contributed by atoms with Gasteiger partial charge in [-0.2, -0.15) is 0 Å². The van der Waals surface area contributed by atoms with Crippen molar-refractivity contribution in [1.82, 2.24) is 4.90 Å². The van der Waals surface area contributed by atoms with E-state index in [1.165, 1.54) is 0 Å². The largest absolute Gasteiger partial charge is 0.458 e. The number of fused-ring (bicyclic) bond motifs is 1. The van der Waals surface area contributed by atoms with Crippen LogP contribution in [0.25, 0.3) is 11.0 Å². The second kappa shape index (κ2) is 6.07. The highest BCUT2D eigenvalue weighted by Crippen LogP contribution is 2.19. The van der Waals surface area contributed by atoms with Gasteiger partial charge in [0.2, 0.25) is 5.76 Å². The highest BCUT2D eigenvalue weighted by molar-refractivity contribution is 5.92. The van der Waals surface area contributed by atoms with E-state index in [-0.39, 0.29) is 5.76 Å². The molecule has 20 heavy (non-hydrogen) atoms. The molecule has 5 heteroatoms. The molecule has 106 valence electrons. The van der Waals surface area contributed by atoms with Crippen molar-refractivity contribution in [2.75, 3.05) is 39.5 Å². The Labute approximate surface area is 117 Å². The molecule has 0 amide bonds. The number of nitrogens with zero attached hydrogens (tertiary/aromatic N) is 1. The van der Waals surface area contributed by atoms with Gasteiger partial charge in [0.1, 0.15) is 12.2 Å². The summed E-state index contributed by atoms with van der Waals surface area (Å²) in [5.74, 6) is -0.150. The van der Waals surface area contributed by atoms with Gasteiger partial charge in [-0.3, -0.25) is 4.90 Å². The van der Waals surface area contributed by atoms with Crippen molar-refractivity contribution in [3.05, 3.63) is 36.1 Å². The minimum atomic E-state index is -0.408. The number of hydrogen-bond acceptors (Lipinski definition) is 5. The third kappa shape index (κ3) is 3.00. The SMILES string of the molecule is O=C(OCCN1CCOCC1)c1cc2ccccc2o1. The minimum Gasteiger partial charge on any atom is -0.458 e. The highest BCUT2D eigenvalue weighted by Gasteiger charge is 2.15. The van der Waals surface area contributed by atoms with E-state index in [2.05, 4.69) is 4.90 Å². The van der Waals surface area contributed by atoms with Gasteiger partial charge in [-0.15, -0.1) is 0 Å². The van der Waals surface area contributed by atoms with Crippen molar-refractivity contribution in [2.24, 2.45) is 0 Å². The molecule has 0 unspecified atom stereocenters. The summed E-state index contributed by atoms with van der Waals surface area (Å²) in [7, 11) is 0. The van der Waals surface area contributed by atoms with Crippen LogP contribution in [0, 0.1) is 0 Å². The zero-order chi connectivity index (χ0) is 13.8. The molecule has 1 saturated heterocycles. The summed E-state index contributed by atoms with van der Waals surface area (Å²) in [5.41, 5.74) is 0.702. The van der Waals surface area contributed by atoms with E-state index in [1.807, 2.05) is 24.3 Å². The molecular formula is C15H17NO4. The Bertz CT molecular complexity index is 553. The van der Waals surface area contributed by atoms with Crippen LogP contribution in [0.2, 0.25) is 0 Å². The van der Waals surface area contributed by atoms with E-state index in [4.69, 9.17) is 13.9 Å². The van der Waals surface area contributed by atoms with Gasteiger partial charge in [0.25, 0.3) is 0 Å². The second-order valence-corrected chi connectivity index (χ2v) is 4.74. The van der Waals surface area contributed by atoms with E-state index in [0.29, 0.717) is 12.2 Å². The quantitative estimate of drug-likeness (QED) is 0.798. The van der Waals surface area contributed by atoms with Crippen LogP contribution in [-0.4, -0.2) is 50.3 Å². The lowest BCUT2D eigenvalue weighted by Gasteiger charge is -2.25. The zero-order valence-electron chi connectivity index (χ0n) is 11.2. The van der Waals surface area contributed by atoms with Crippen molar-refractivity contribution in [2.45, 2.75) is 0 Å². The number of morpholine rings is 1. The number of benzene rings is 1. The number of ether oxygens (including phenoxy) is 2. The van der Waals surface area contributed by atoms with Gasteiger partial charge in [0.15, 0.2) is 0 Å². The lowest BCUT2D eigenvalue weighted by atomic mass is 10.2. The topological polar surface area (TPSA) is 51.9 Å². The predicted molar refractivity (Wildman–Crippen MR) is 73.8 cm³/mol. The second-order valence-electron chi connectivity index (χ2n) is 4.74. The van der Waals surface area contributed by atoms with Gasteiger partial charge in [-0.25, -0.2) is 4.79 Å². The summed E-state index contributed by atoms with van der Waals surface area (Å²) in [4.78, 5) is 14.1. The molecule has 5 nitrogen and oxygen atoms in total. The maximum atomic E-state index is 11.9. The summed E-state index contributed by atoms with van der Waals surface area (Å²) in [6.45, 7) is 4.38. The Morgan fingerprint density at radius 2 is 2.05 bits per heavy atom. The molecule has 0 atom stereocenters. The molecule has 1 aliphatic rings. The van der Waals surface area contributed by atoms with Crippen LogP contribution in [0.3, 0.4) is 0 Å². The van der Waals surface area contributed by atoms with Crippen LogP contribution in [-0.2, 0) is 9.47 Å². The summed E-state index contributed by atoms with van der Waals surface area (Å²) in [6.07, 6.45) is 0. The van der Waals surface area contributed by atoms with Crippen LogP contribution >= 0.6 is 0 Å². The fourth-order valence-corrected chi connectivity index (χ4v) is 2.25. The molecule has 0 spiro atoms. The normalized spacial score (nSPS) is 16.4. The smallest absolute Gasteiger partial charge is 0.374 e. The van der Waals surface area contributed by atoms with Crippen LogP contribution in [0.5, 0.6) is 0 Å². The third-order valence-electron chi connectivity index (χ3n) is 3.37. The van der Waals surface area contributed by atoms with Crippen LogP contribution in [0.4, 0.5) is 0 Å². The molecule has 2 aromatic rings. The first-order chi connectivity index (χ1) is 9.83. The van der Waals surface area contributed by atoms with Crippen LogP contribution in [0.1, 0.15) is 10.6 Å². The molecule has 0 saturated carbocycles. The highest BCUT2D eigenvalue weighted by atomic mass is 16.5. The van der Waals surface area contributed by atoms with Gasteiger partial charge in [0, 0.05) is 25.0 Å². The predicted octanol–water partition coefficient (Wildman–Crippen LogP) is 1.92. The first kappa shape index (κ1) is 13.1. The number of furan rings is 1. The maximum Gasteiger partial charge on any atom is 0.374 e. The maximum absolute atomic E-state index is 11.9. The van der Waals surface area contributed by atoms with E-state index in [9.17, 15) is 4.79 Å². The van der Waals surface area contributed by atoms with Gasteiger partial charge in [-0.1, -0.05) is 18.2 Å². The van der Waals surface area contributed by atoms with E-state index >= 15 is 0 Å². The minimum absolute atomic E-state index is 0.258. The molecule has 2 heterocycles.